The number of nitrogens with zero attached hydrogens (tertiary/aromatic N) is 2. The maximum absolute atomic E-state index is 12.5. The van der Waals surface area contributed by atoms with Crippen LogP contribution in [-0.4, -0.2) is 22.6 Å². The van der Waals surface area contributed by atoms with Gasteiger partial charge < -0.3 is 9.47 Å². The molecule has 0 unspecified atom stereocenters. The van der Waals surface area contributed by atoms with Crippen LogP contribution in [0.1, 0.15) is 30.8 Å². The van der Waals surface area contributed by atoms with Gasteiger partial charge in [-0.25, -0.2) is 4.98 Å². The first kappa shape index (κ1) is 20.2. The molecule has 28 heavy (non-hydrogen) atoms. The van der Waals surface area contributed by atoms with Crippen LogP contribution < -0.4 is 15.0 Å². The number of pyridine rings is 1. The molecule has 0 saturated carbocycles. The standard InChI is InChI=1S/C21H20Cl2N2O3/c1-12(2)28-21-16(23)9-14(10-18(21)27-4)8-15(22)17-11-20(26)25-13(3)6-5-7-19(25)24-17/h5-12H,1-4H3/b15-8-. The number of hydrogen-bond acceptors (Lipinski definition) is 4. The fraction of sp³-hybridized carbons (Fsp3) is 0.238. The summed E-state index contributed by atoms with van der Waals surface area (Å²) in [5.74, 6) is 0.976. The van der Waals surface area contributed by atoms with Gasteiger partial charge in [0.2, 0.25) is 0 Å². The summed E-state index contributed by atoms with van der Waals surface area (Å²) < 4.78 is 12.6. The highest BCUT2D eigenvalue weighted by atomic mass is 35.5. The second-order valence-corrected chi connectivity index (χ2v) is 7.35. The summed E-state index contributed by atoms with van der Waals surface area (Å²) in [6.45, 7) is 5.67. The lowest BCUT2D eigenvalue weighted by atomic mass is 10.1. The summed E-state index contributed by atoms with van der Waals surface area (Å²) in [5, 5.41) is 0.725. The second-order valence-electron chi connectivity index (χ2n) is 6.53. The monoisotopic (exact) mass is 418 g/mol. The first-order valence-electron chi connectivity index (χ1n) is 8.71. The third-order valence-electron chi connectivity index (χ3n) is 4.02. The molecule has 3 aromatic rings. The lowest BCUT2D eigenvalue weighted by molar-refractivity contribution is 0.230. The van der Waals surface area contributed by atoms with E-state index in [9.17, 15) is 4.79 Å². The Hall–Kier alpha value is -2.50. The number of aryl methyl sites for hydroxylation is 1. The van der Waals surface area contributed by atoms with E-state index in [4.69, 9.17) is 32.7 Å². The Morgan fingerprint density at radius 3 is 2.68 bits per heavy atom. The van der Waals surface area contributed by atoms with Crippen LogP contribution in [0.2, 0.25) is 5.02 Å². The predicted molar refractivity (Wildman–Crippen MR) is 114 cm³/mol. The molecule has 0 radical (unpaired) electrons. The maximum Gasteiger partial charge on any atom is 0.258 e. The molecule has 0 N–H and O–H groups in total. The first-order chi connectivity index (χ1) is 13.3. The Labute approximate surface area is 173 Å². The normalized spacial score (nSPS) is 11.9. The lowest BCUT2D eigenvalue weighted by Crippen LogP contribution is -2.17. The summed E-state index contributed by atoms with van der Waals surface area (Å²) in [6.07, 6.45) is 1.64. The van der Waals surface area contributed by atoms with Crippen LogP contribution in [0.25, 0.3) is 16.8 Å². The minimum Gasteiger partial charge on any atom is -0.493 e. The van der Waals surface area contributed by atoms with E-state index in [0.717, 1.165) is 5.69 Å². The summed E-state index contributed by atoms with van der Waals surface area (Å²) in [7, 11) is 1.54. The molecule has 0 fully saturated rings. The molecular formula is C21H20Cl2N2O3. The predicted octanol–water partition coefficient (Wildman–Crippen LogP) is 5.19. The van der Waals surface area contributed by atoms with Crippen molar-refractivity contribution in [3.63, 3.8) is 0 Å². The zero-order valence-corrected chi connectivity index (χ0v) is 17.5. The summed E-state index contributed by atoms with van der Waals surface area (Å²) in [5.41, 5.74) is 2.23. The van der Waals surface area contributed by atoms with Gasteiger partial charge in [0.1, 0.15) is 5.65 Å². The maximum atomic E-state index is 12.5. The molecule has 7 heteroatoms. The summed E-state index contributed by atoms with van der Waals surface area (Å²) >= 11 is 12.8. The molecule has 0 saturated heterocycles. The van der Waals surface area contributed by atoms with Gasteiger partial charge in [-0.05, 0) is 56.7 Å². The van der Waals surface area contributed by atoms with Crippen molar-refractivity contribution >= 4 is 40.0 Å². The van der Waals surface area contributed by atoms with Gasteiger partial charge >= 0.3 is 0 Å². The molecule has 1 aromatic carbocycles. The van der Waals surface area contributed by atoms with Gasteiger partial charge in [0, 0.05) is 11.8 Å². The average Bonchev–Trinajstić information content (AvgIpc) is 2.63. The molecule has 0 aliphatic carbocycles. The van der Waals surface area contributed by atoms with Crippen molar-refractivity contribution < 1.29 is 9.47 Å². The zero-order chi connectivity index (χ0) is 20.4. The number of hydrogen-bond donors (Lipinski definition) is 0. The third-order valence-corrected chi connectivity index (χ3v) is 4.61. The highest BCUT2D eigenvalue weighted by molar-refractivity contribution is 6.51. The van der Waals surface area contributed by atoms with E-state index in [1.807, 2.05) is 32.9 Å². The highest BCUT2D eigenvalue weighted by Crippen LogP contribution is 2.38. The lowest BCUT2D eigenvalue weighted by Gasteiger charge is -2.15. The Balaban J connectivity index is 2.05. The highest BCUT2D eigenvalue weighted by Gasteiger charge is 2.14. The van der Waals surface area contributed by atoms with Crippen LogP contribution in [0.15, 0.2) is 41.2 Å². The van der Waals surface area contributed by atoms with E-state index in [-0.39, 0.29) is 11.7 Å². The van der Waals surface area contributed by atoms with Gasteiger partial charge in [0.05, 0.1) is 29.0 Å². The van der Waals surface area contributed by atoms with Crippen molar-refractivity contribution in [3.8, 4) is 11.5 Å². The number of aromatic nitrogens is 2. The molecule has 5 nitrogen and oxygen atoms in total. The van der Waals surface area contributed by atoms with Gasteiger partial charge in [0.25, 0.3) is 5.56 Å². The van der Waals surface area contributed by atoms with Crippen molar-refractivity contribution in [2.24, 2.45) is 0 Å². The van der Waals surface area contributed by atoms with Gasteiger partial charge in [0.15, 0.2) is 11.5 Å². The van der Waals surface area contributed by atoms with E-state index in [2.05, 4.69) is 4.98 Å². The van der Waals surface area contributed by atoms with Crippen LogP contribution >= 0.6 is 23.2 Å². The van der Waals surface area contributed by atoms with Crippen molar-refractivity contribution in [3.05, 3.63) is 68.7 Å². The van der Waals surface area contributed by atoms with Gasteiger partial charge in [-0.3, -0.25) is 9.20 Å². The first-order valence-corrected chi connectivity index (χ1v) is 9.47. The van der Waals surface area contributed by atoms with Crippen LogP contribution in [0, 0.1) is 6.92 Å². The molecule has 2 aromatic heterocycles. The number of methoxy groups -OCH3 is 1. The summed E-state index contributed by atoms with van der Waals surface area (Å²) in [4.78, 5) is 16.9. The van der Waals surface area contributed by atoms with Crippen molar-refractivity contribution in [2.45, 2.75) is 26.9 Å². The van der Waals surface area contributed by atoms with Gasteiger partial charge in [-0.2, -0.15) is 0 Å². The molecule has 146 valence electrons. The van der Waals surface area contributed by atoms with Crippen LogP contribution in [-0.2, 0) is 0 Å². The van der Waals surface area contributed by atoms with Crippen molar-refractivity contribution in [2.75, 3.05) is 7.11 Å². The third kappa shape index (κ3) is 4.16. The molecule has 0 bridgehead atoms. The van der Waals surface area contributed by atoms with Gasteiger partial charge in [-0.1, -0.05) is 29.3 Å². The van der Waals surface area contributed by atoms with E-state index in [0.29, 0.717) is 38.5 Å². The van der Waals surface area contributed by atoms with Gasteiger partial charge in [-0.15, -0.1) is 0 Å². The topological polar surface area (TPSA) is 52.8 Å². The number of fused-ring (bicyclic) bond motifs is 1. The van der Waals surface area contributed by atoms with Crippen LogP contribution in [0.3, 0.4) is 0 Å². The van der Waals surface area contributed by atoms with Crippen LogP contribution in [0.4, 0.5) is 0 Å². The molecule has 0 aliphatic heterocycles. The fourth-order valence-electron chi connectivity index (χ4n) is 2.83. The minimum absolute atomic E-state index is 0.0467. The molecule has 0 atom stereocenters. The Morgan fingerprint density at radius 1 is 1.25 bits per heavy atom. The fourth-order valence-corrected chi connectivity index (χ4v) is 3.32. The van der Waals surface area contributed by atoms with E-state index >= 15 is 0 Å². The smallest absolute Gasteiger partial charge is 0.258 e. The van der Waals surface area contributed by atoms with Crippen molar-refractivity contribution in [1.29, 1.82) is 0 Å². The Kier molecular flexibility index (Phi) is 5.96. The largest absolute Gasteiger partial charge is 0.493 e. The molecule has 0 amide bonds. The number of rotatable bonds is 5. The number of ether oxygens (including phenoxy) is 2. The van der Waals surface area contributed by atoms with E-state index in [1.54, 1.807) is 31.4 Å². The number of benzene rings is 1. The summed E-state index contributed by atoms with van der Waals surface area (Å²) in [6, 6.07) is 10.4. The molecule has 2 heterocycles. The van der Waals surface area contributed by atoms with E-state index in [1.165, 1.54) is 10.5 Å². The van der Waals surface area contributed by atoms with Crippen LogP contribution in [0.5, 0.6) is 11.5 Å². The molecule has 3 rings (SSSR count). The zero-order valence-electron chi connectivity index (χ0n) is 16.0. The number of halogens is 2. The van der Waals surface area contributed by atoms with E-state index < -0.39 is 0 Å². The second kappa shape index (κ2) is 8.25. The quantitative estimate of drug-likeness (QED) is 0.571. The van der Waals surface area contributed by atoms with Crippen molar-refractivity contribution in [1.82, 2.24) is 9.38 Å². The molecular weight excluding hydrogens is 399 g/mol. The Morgan fingerprint density at radius 2 is 2.00 bits per heavy atom. The average molecular weight is 419 g/mol. The Bertz CT molecular complexity index is 1120. The molecule has 0 spiro atoms. The molecule has 0 aliphatic rings. The SMILES string of the molecule is COc1cc(/C=C(\Cl)c2cc(=O)n3c(C)cccc3n2)cc(Cl)c1OC(C)C. The minimum atomic E-state index is -0.194.